The minimum absolute atomic E-state index is 0.558. The lowest BCUT2D eigenvalue weighted by Gasteiger charge is -2.44. The van der Waals surface area contributed by atoms with E-state index >= 15 is 0 Å². The van der Waals surface area contributed by atoms with Gasteiger partial charge < -0.3 is 9.47 Å². The summed E-state index contributed by atoms with van der Waals surface area (Å²) in [7, 11) is 2.72. The van der Waals surface area contributed by atoms with Crippen LogP contribution >= 0.6 is 63.7 Å². The maximum Gasteiger partial charge on any atom is 0.322 e. The molecule has 0 radical (unpaired) electrons. The van der Waals surface area contributed by atoms with Crippen LogP contribution in [0.5, 0.6) is 0 Å². The number of esters is 2. The van der Waals surface area contributed by atoms with Crippen molar-refractivity contribution in [2.75, 3.05) is 14.2 Å². The van der Waals surface area contributed by atoms with Crippen LogP contribution in [-0.4, -0.2) is 26.2 Å². The molecule has 6 rings (SSSR count). The van der Waals surface area contributed by atoms with Gasteiger partial charge in [-0.05, 0) is 93.0 Å². The summed E-state index contributed by atoms with van der Waals surface area (Å²) in [4.78, 5) is 29.2. The summed E-state index contributed by atoms with van der Waals surface area (Å²) < 4.78 is 14.4. The van der Waals surface area contributed by atoms with Crippen LogP contribution in [0.2, 0.25) is 0 Å². The molecule has 0 amide bonds. The third-order valence-electron chi connectivity index (χ3n) is 7.67. The fourth-order valence-electron chi connectivity index (χ4n) is 6.40. The van der Waals surface area contributed by atoms with Gasteiger partial charge in [0.25, 0.3) is 0 Å². The van der Waals surface area contributed by atoms with Crippen molar-refractivity contribution >= 4 is 75.7 Å². The first-order valence-electron chi connectivity index (χ1n) is 11.6. The maximum atomic E-state index is 14.6. The first-order valence-corrected chi connectivity index (χ1v) is 14.8. The molecule has 0 spiro atoms. The second kappa shape index (κ2) is 9.15. The SMILES string of the molecule is COC(=O)C1(C2(C(=O)OC)c3cc(Br)ccc3-c3ccc(Br)cc32)c2cc(Br)ccc2-c2ccc(Br)cc21. The molecule has 0 saturated carbocycles. The largest absolute Gasteiger partial charge is 0.468 e. The second-order valence-electron chi connectivity index (χ2n) is 9.24. The number of hydrogen-bond acceptors (Lipinski definition) is 4. The number of fused-ring (bicyclic) bond motifs is 6. The summed E-state index contributed by atoms with van der Waals surface area (Å²) in [5.41, 5.74) is 2.82. The predicted octanol–water partition coefficient (Wildman–Crippen LogP) is 8.32. The molecule has 8 heteroatoms. The molecule has 4 aromatic rings. The van der Waals surface area contributed by atoms with Crippen molar-refractivity contribution in [2.24, 2.45) is 0 Å². The zero-order valence-electron chi connectivity index (χ0n) is 20.1. The Labute approximate surface area is 253 Å². The summed E-state index contributed by atoms with van der Waals surface area (Å²) in [6.07, 6.45) is 0. The number of carbonyl (C=O) groups excluding carboxylic acids is 2. The molecular weight excluding hydrogens is 744 g/mol. The number of ether oxygens (including phenoxy) is 2. The van der Waals surface area contributed by atoms with E-state index in [4.69, 9.17) is 9.47 Å². The van der Waals surface area contributed by atoms with Gasteiger partial charge in [-0.25, -0.2) is 0 Å². The van der Waals surface area contributed by atoms with Gasteiger partial charge in [-0.2, -0.15) is 0 Å². The van der Waals surface area contributed by atoms with Crippen LogP contribution < -0.4 is 0 Å². The Hall–Kier alpha value is -2.26. The molecule has 0 bridgehead atoms. The molecular formula is C30H18Br4O4. The van der Waals surface area contributed by atoms with E-state index in [9.17, 15) is 9.59 Å². The summed E-state index contributed by atoms with van der Waals surface area (Å²) in [6.45, 7) is 0. The van der Waals surface area contributed by atoms with Crippen molar-refractivity contribution in [3.05, 3.63) is 113 Å². The van der Waals surface area contributed by atoms with Crippen molar-refractivity contribution in [3.8, 4) is 22.3 Å². The van der Waals surface area contributed by atoms with Crippen LogP contribution in [0.4, 0.5) is 0 Å². The number of rotatable bonds is 3. The van der Waals surface area contributed by atoms with Crippen molar-refractivity contribution in [1.82, 2.24) is 0 Å². The van der Waals surface area contributed by atoms with Gasteiger partial charge in [0.2, 0.25) is 0 Å². The molecule has 4 nitrogen and oxygen atoms in total. The molecule has 0 N–H and O–H groups in total. The lowest BCUT2D eigenvalue weighted by molar-refractivity contribution is -0.158. The van der Waals surface area contributed by atoms with Gasteiger partial charge in [-0.1, -0.05) is 88.0 Å². The maximum absolute atomic E-state index is 14.6. The highest BCUT2D eigenvalue weighted by atomic mass is 79.9. The molecule has 4 aromatic carbocycles. The molecule has 2 aliphatic carbocycles. The quantitative estimate of drug-likeness (QED) is 0.197. The highest BCUT2D eigenvalue weighted by molar-refractivity contribution is 9.11. The van der Waals surface area contributed by atoms with E-state index in [1.165, 1.54) is 14.2 Å². The lowest BCUT2D eigenvalue weighted by Crippen LogP contribution is -2.59. The zero-order valence-corrected chi connectivity index (χ0v) is 26.4. The van der Waals surface area contributed by atoms with E-state index in [0.717, 1.165) is 40.1 Å². The van der Waals surface area contributed by atoms with E-state index in [2.05, 4.69) is 63.7 Å². The monoisotopic (exact) mass is 758 g/mol. The average molecular weight is 762 g/mol. The van der Waals surface area contributed by atoms with E-state index < -0.39 is 22.8 Å². The molecule has 0 aliphatic heterocycles. The Morgan fingerprint density at radius 3 is 0.947 bits per heavy atom. The van der Waals surface area contributed by atoms with Gasteiger partial charge in [-0.3, -0.25) is 9.59 Å². The van der Waals surface area contributed by atoms with Gasteiger partial charge in [0, 0.05) is 17.9 Å². The van der Waals surface area contributed by atoms with Crippen LogP contribution in [0.3, 0.4) is 0 Å². The van der Waals surface area contributed by atoms with E-state index in [1.807, 2.05) is 72.8 Å². The number of methoxy groups -OCH3 is 2. The van der Waals surface area contributed by atoms with E-state index in [1.54, 1.807) is 0 Å². The van der Waals surface area contributed by atoms with Crippen molar-refractivity contribution in [3.63, 3.8) is 0 Å². The molecule has 38 heavy (non-hydrogen) atoms. The smallest absolute Gasteiger partial charge is 0.322 e. The zero-order chi connectivity index (χ0) is 27.0. The van der Waals surface area contributed by atoms with Gasteiger partial charge >= 0.3 is 11.9 Å². The minimum Gasteiger partial charge on any atom is -0.468 e. The van der Waals surface area contributed by atoms with Crippen molar-refractivity contribution < 1.29 is 19.1 Å². The van der Waals surface area contributed by atoms with Crippen molar-refractivity contribution in [1.29, 1.82) is 0 Å². The molecule has 0 atom stereocenters. The minimum atomic E-state index is -1.62. The Balaban J connectivity index is 1.94. The Morgan fingerprint density at radius 1 is 0.500 bits per heavy atom. The number of halogens is 4. The highest BCUT2D eigenvalue weighted by Gasteiger charge is 2.72. The van der Waals surface area contributed by atoms with Crippen LogP contribution in [0.25, 0.3) is 22.3 Å². The summed E-state index contributed by atoms with van der Waals surface area (Å²) in [6, 6.07) is 23.3. The van der Waals surface area contributed by atoms with Gasteiger partial charge in [0.15, 0.2) is 0 Å². The topological polar surface area (TPSA) is 52.6 Å². The first-order chi connectivity index (χ1) is 18.2. The summed E-state index contributed by atoms with van der Waals surface area (Å²) in [5.74, 6) is -1.12. The number of hydrogen-bond donors (Lipinski definition) is 0. The standard InChI is InChI=1S/C30H18Br4O4/c1-37-27(35)29(23-11-15(31)3-7-19(23)20-8-4-16(32)12-24(20)29)30(28(36)38-2)25-13-17(33)5-9-21(25)22-10-6-18(34)14-26(22)30/h3-14H,1-2H3. The third kappa shape index (κ3) is 3.17. The van der Waals surface area contributed by atoms with Gasteiger partial charge in [0.1, 0.15) is 10.8 Å². The van der Waals surface area contributed by atoms with Gasteiger partial charge in [-0.15, -0.1) is 0 Å². The molecule has 0 fully saturated rings. The summed E-state index contributed by atoms with van der Waals surface area (Å²) >= 11 is 14.5. The highest BCUT2D eigenvalue weighted by Crippen LogP contribution is 2.66. The molecule has 0 unspecified atom stereocenters. The van der Waals surface area contributed by atoms with Crippen LogP contribution in [-0.2, 0) is 29.9 Å². The van der Waals surface area contributed by atoms with Crippen LogP contribution in [0, 0.1) is 0 Å². The van der Waals surface area contributed by atoms with Crippen LogP contribution in [0.1, 0.15) is 22.3 Å². The molecule has 0 heterocycles. The normalized spacial score (nSPS) is 15.2. The number of benzene rings is 4. The fraction of sp³-hybridized carbons (Fsp3) is 0.133. The Kier molecular flexibility index (Phi) is 6.26. The third-order valence-corrected chi connectivity index (χ3v) is 9.64. The number of carbonyl (C=O) groups is 2. The van der Waals surface area contributed by atoms with E-state index in [0.29, 0.717) is 22.3 Å². The van der Waals surface area contributed by atoms with Crippen molar-refractivity contribution in [2.45, 2.75) is 10.8 Å². The van der Waals surface area contributed by atoms with Crippen LogP contribution in [0.15, 0.2) is 90.7 Å². The Morgan fingerprint density at radius 2 is 0.737 bits per heavy atom. The summed E-state index contributed by atoms with van der Waals surface area (Å²) in [5, 5.41) is 0. The second-order valence-corrected chi connectivity index (χ2v) is 12.9. The van der Waals surface area contributed by atoms with Gasteiger partial charge in [0.05, 0.1) is 14.2 Å². The van der Waals surface area contributed by atoms with E-state index in [-0.39, 0.29) is 0 Å². The molecule has 190 valence electrons. The molecule has 2 aliphatic rings. The molecule has 0 saturated heterocycles. The fourth-order valence-corrected chi connectivity index (χ4v) is 7.84. The predicted molar refractivity (Wildman–Crippen MR) is 160 cm³/mol. The first kappa shape index (κ1) is 26.0. The molecule has 0 aromatic heterocycles. The average Bonchev–Trinajstić information content (AvgIpc) is 3.34. The lowest BCUT2D eigenvalue weighted by atomic mass is 9.54. The Bertz CT molecular complexity index is 1470.